The van der Waals surface area contributed by atoms with Gasteiger partial charge in [-0.1, -0.05) is 12.1 Å². The van der Waals surface area contributed by atoms with Crippen LogP contribution in [0.3, 0.4) is 0 Å². The topological polar surface area (TPSA) is 49.8 Å². The number of rotatable bonds is 5. The van der Waals surface area contributed by atoms with Gasteiger partial charge in [0.25, 0.3) is 0 Å². The van der Waals surface area contributed by atoms with Crippen molar-refractivity contribution < 1.29 is 33.8 Å². The van der Waals surface area contributed by atoms with Crippen LogP contribution in [0.2, 0.25) is 0 Å². The van der Waals surface area contributed by atoms with Crippen molar-refractivity contribution >= 4 is 11.1 Å². The second-order valence-electron chi connectivity index (χ2n) is 4.45. The summed E-state index contributed by atoms with van der Waals surface area (Å²) in [6.45, 7) is 4.84. The van der Waals surface area contributed by atoms with Crippen LogP contribution in [0.15, 0.2) is 29.2 Å². The Bertz CT molecular complexity index is 399. The van der Waals surface area contributed by atoms with Gasteiger partial charge in [-0.25, -0.2) is 4.21 Å². The molecule has 0 aliphatic carbocycles. The Morgan fingerprint density at radius 2 is 1.89 bits per heavy atom. The molecule has 1 heterocycles. The SMILES string of the molecule is O=S(O)c1ccc(CCCN2CCOCC2)cc1.[H-].[Li+]. The van der Waals surface area contributed by atoms with E-state index in [2.05, 4.69) is 4.90 Å². The van der Waals surface area contributed by atoms with Gasteiger partial charge < -0.3 is 10.7 Å². The minimum absolute atomic E-state index is 0. The van der Waals surface area contributed by atoms with Crippen molar-refractivity contribution in [1.29, 1.82) is 0 Å². The normalized spacial score (nSPS) is 17.7. The zero-order valence-electron chi connectivity index (χ0n) is 12.4. The van der Waals surface area contributed by atoms with Gasteiger partial charge >= 0.3 is 18.9 Å². The zero-order chi connectivity index (χ0) is 12.8. The first kappa shape index (κ1) is 16.9. The molecule has 0 aromatic heterocycles. The number of hydrogen-bond donors (Lipinski definition) is 1. The van der Waals surface area contributed by atoms with Crippen molar-refractivity contribution in [2.75, 3.05) is 32.8 Å². The van der Waals surface area contributed by atoms with Crippen molar-refractivity contribution in [3.8, 4) is 0 Å². The second kappa shape index (κ2) is 8.91. The molecule has 0 spiro atoms. The zero-order valence-corrected chi connectivity index (χ0v) is 12.2. The van der Waals surface area contributed by atoms with Crippen LogP contribution in [-0.2, 0) is 22.2 Å². The van der Waals surface area contributed by atoms with Crippen molar-refractivity contribution in [2.45, 2.75) is 17.7 Å². The molecule has 0 saturated carbocycles. The van der Waals surface area contributed by atoms with Gasteiger partial charge in [0.2, 0.25) is 0 Å². The van der Waals surface area contributed by atoms with E-state index in [0.717, 1.165) is 45.7 Å². The molecule has 1 saturated heterocycles. The number of benzene rings is 1. The van der Waals surface area contributed by atoms with Crippen LogP contribution >= 0.6 is 0 Å². The molecule has 1 unspecified atom stereocenters. The molecule has 2 rings (SSSR count). The van der Waals surface area contributed by atoms with E-state index in [9.17, 15) is 4.21 Å². The van der Waals surface area contributed by atoms with Crippen molar-refractivity contribution in [3.05, 3.63) is 29.8 Å². The Morgan fingerprint density at radius 3 is 2.47 bits per heavy atom. The average Bonchev–Trinajstić information content (AvgIpc) is 2.40. The smallest absolute Gasteiger partial charge is 1.00 e. The summed E-state index contributed by atoms with van der Waals surface area (Å²) in [4.78, 5) is 2.88. The van der Waals surface area contributed by atoms with E-state index in [1.54, 1.807) is 12.1 Å². The number of aryl methyl sites for hydroxylation is 1. The van der Waals surface area contributed by atoms with Gasteiger partial charge in [0.1, 0.15) is 0 Å². The first-order chi connectivity index (χ1) is 8.75. The summed E-state index contributed by atoms with van der Waals surface area (Å²) >= 11 is -1.87. The molecule has 1 N–H and O–H groups in total. The maximum Gasteiger partial charge on any atom is 1.00 e. The Balaban J connectivity index is 0.00000180. The molecule has 102 valence electrons. The fourth-order valence-corrected chi connectivity index (χ4v) is 2.47. The largest absolute Gasteiger partial charge is 1.00 e. The Morgan fingerprint density at radius 1 is 1.26 bits per heavy atom. The summed E-state index contributed by atoms with van der Waals surface area (Å²) in [5, 5.41) is 0. The van der Waals surface area contributed by atoms with Crippen LogP contribution in [0.4, 0.5) is 0 Å². The molecular weight excluding hydrogens is 257 g/mol. The molecule has 0 bridgehead atoms. The van der Waals surface area contributed by atoms with Gasteiger partial charge in [0, 0.05) is 13.1 Å². The molecular formula is C13H20LiNO3S. The van der Waals surface area contributed by atoms with Gasteiger partial charge in [-0.2, -0.15) is 0 Å². The van der Waals surface area contributed by atoms with Crippen LogP contribution in [0.25, 0.3) is 0 Å². The van der Waals surface area contributed by atoms with E-state index in [0.29, 0.717) is 4.90 Å². The molecule has 6 heteroatoms. The Kier molecular flexibility index (Phi) is 7.92. The van der Waals surface area contributed by atoms with E-state index in [1.165, 1.54) is 5.56 Å². The Labute approximate surface area is 130 Å². The van der Waals surface area contributed by atoms with Gasteiger partial charge in [0.05, 0.1) is 18.1 Å². The third-order valence-electron chi connectivity index (χ3n) is 3.17. The molecule has 1 aliphatic heterocycles. The molecule has 1 aromatic rings. The number of nitrogens with zero attached hydrogens (tertiary/aromatic N) is 1. The van der Waals surface area contributed by atoms with E-state index in [-0.39, 0.29) is 20.3 Å². The van der Waals surface area contributed by atoms with Gasteiger partial charge in [-0.3, -0.25) is 4.90 Å². The van der Waals surface area contributed by atoms with Crippen LogP contribution in [0.1, 0.15) is 13.4 Å². The van der Waals surface area contributed by atoms with E-state index < -0.39 is 11.1 Å². The van der Waals surface area contributed by atoms with Crippen molar-refractivity contribution in [3.63, 3.8) is 0 Å². The third-order valence-corrected chi connectivity index (χ3v) is 3.84. The monoisotopic (exact) mass is 277 g/mol. The van der Waals surface area contributed by atoms with Crippen molar-refractivity contribution in [1.82, 2.24) is 4.90 Å². The summed E-state index contributed by atoms with van der Waals surface area (Å²) in [5.41, 5.74) is 1.22. The van der Waals surface area contributed by atoms with Crippen molar-refractivity contribution in [2.24, 2.45) is 0 Å². The third kappa shape index (κ3) is 5.78. The molecule has 0 amide bonds. The first-order valence-corrected chi connectivity index (χ1v) is 7.36. The maximum absolute atomic E-state index is 10.8. The van der Waals surface area contributed by atoms with E-state index in [1.807, 2.05) is 12.1 Å². The molecule has 1 atom stereocenters. The summed E-state index contributed by atoms with van der Waals surface area (Å²) in [5.74, 6) is 0. The summed E-state index contributed by atoms with van der Waals surface area (Å²) in [7, 11) is 0. The standard InChI is InChI=1S/C13H19NO3S.Li.H/c15-18(16)13-5-3-12(4-6-13)2-1-7-14-8-10-17-11-9-14;;/h3-6H,1-2,7-11H2,(H,15,16);;/q;+1;-1. The van der Waals surface area contributed by atoms with E-state index in [4.69, 9.17) is 9.29 Å². The second-order valence-corrected chi connectivity index (χ2v) is 5.42. The predicted octanol–water partition coefficient (Wildman–Crippen LogP) is -1.35. The van der Waals surface area contributed by atoms with Crippen LogP contribution < -0.4 is 18.9 Å². The molecule has 1 aromatic carbocycles. The Hall–Kier alpha value is -0.153. The van der Waals surface area contributed by atoms with Crippen LogP contribution in [0, 0.1) is 0 Å². The van der Waals surface area contributed by atoms with Gasteiger partial charge in [0.15, 0.2) is 11.1 Å². The van der Waals surface area contributed by atoms with Crippen LogP contribution in [0.5, 0.6) is 0 Å². The van der Waals surface area contributed by atoms with Crippen LogP contribution in [-0.4, -0.2) is 46.5 Å². The number of ether oxygens (including phenoxy) is 1. The minimum atomic E-state index is -1.87. The first-order valence-electron chi connectivity index (χ1n) is 6.25. The molecule has 4 nitrogen and oxygen atoms in total. The fourth-order valence-electron chi connectivity index (χ4n) is 2.10. The molecule has 1 fully saturated rings. The summed E-state index contributed by atoms with van der Waals surface area (Å²) in [6.07, 6.45) is 2.12. The maximum atomic E-state index is 10.8. The molecule has 0 radical (unpaired) electrons. The van der Waals surface area contributed by atoms with Gasteiger partial charge in [-0.15, -0.1) is 0 Å². The average molecular weight is 277 g/mol. The summed E-state index contributed by atoms with van der Waals surface area (Å²) in [6, 6.07) is 7.31. The fraction of sp³-hybridized carbons (Fsp3) is 0.538. The minimum Gasteiger partial charge on any atom is -1.00 e. The quantitative estimate of drug-likeness (QED) is 0.534. The number of morpholine rings is 1. The summed E-state index contributed by atoms with van der Waals surface area (Å²) < 4.78 is 25.0. The molecule has 1 aliphatic rings. The predicted molar refractivity (Wildman–Crippen MR) is 72.2 cm³/mol. The van der Waals surface area contributed by atoms with E-state index >= 15 is 0 Å². The van der Waals surface area contributed by atoms with Gasteiger partial charge in [-0.05, 0) is 37.1 Å². The number of hydrogen-bond acceptors (Lipinski definition) is 3. The molecule has 19 heavy (non-hydrogen) atoms.